The van der Waals surface area contributed by atoms with E-state index in [2.05, 4.69) is 46.2 Å². The SMILES string of the molecule is CCOc1ccc(-n2c(C)c3c(C)nnc(NN)c3c2C)cc1. The minimum absolute atomic E-state index is 0.593. The van der Waals surface area contributed by atoms with Crippen LogP contribution in [0.3, 0.4) is 0 Å². The summed E-state index contributed by atoms with van der Waals surface area (Å²) < 4.78 is 7.71. The fourth-order valence-corrected chi connectivity index (χ4v) is 3.14. The molecule has 23 heavy (non-hydrogen) atoms. The molecule has 0 unspecified atom stereocenters. The molecule has 0 aliphatic rings. The zero-order valence-corrected chi connectivity index (χ0v) is 13.8. The first-order valence-corrected chi connectivity index (χ1v) is 7.63. The van der Waals surface area contributed by atoms with Gasteiger partial charge in [0.2, 0.25) is 0 Å². The van der Waals surface area contributed by atoms with Crippen LogP contribution in [0.4, 0.5) is 5.82 Å². The number of rotatable bonds is 4. The maximum absolute atomic E-state index is 5.61. The van der Waals surface area contributed by atoms with Gasteiger partial charge in [0.05, 0.1) is 17.7 Å². The predicted molar refractivity (Wildman–Crippen MR) is 92.1 cm³/mol. The summed E-state index contributed by atoms with van der Waals surface area (Å²) in [6.07, 6.45) is 0. The van der Waals surface area contributed by atoms with Gasteiger partial charge in [0, 0.05) is 22.5 Å². The normalized spacial score (nSPS) is 11.0. The number of hydrogen-bond acceptors (Lipinski definition) is 5. The second-order valence-corrected chi connectivity index (χ2v) is 5.46. The Balaban J connectivity index is 2.24. The van der Waals surface area contributed by atoms with Gasteiger partial charge in [-0.15, -0.1) is 5.10 Å². The van der Waals surface area contributed by atoms with E-state index < -0.39 is 0 Å². The highest BCUT2D eigenvalue weighted by molar-refractivity contribution is 5.98. The Hall–Kier alpha value is -2.60. The Morgan fingerprint density at radius 3 is 2.30 bits per heavy atom. The predicted octanol–water partition coefficient (Wildman–Crippen LogP) is 3.03. The number of benzene rings is 1. The lowest BCUT2D eigenvalue weighted by Gasteiger charge is -2.10. The van der Waals surface area contributed by atoms with Gasteiger partial charge in [0.1, 0.15) is 5.75 Å². The van der Waals surface area contributed by atoms with Crippen LogP contribution in [-0.2, 0) is 0 Å². The Labute approximate surface area is 135 Å². The van der Waals surface area contributed by atoms with E-state index in [1.54, 1.807) is 0 Å². The van der Waals surface area contributed by atoms with Gasteiger partial charge in [-0.1, -0.05) is 0 Å². The highest BCUT2D eigenvalue weighted by atomic mass is 16.5. The van der Waals surface area contributed by atoms with Crippen LogP contribution in [0, 0.1) is 20.8 Å². The molecule has 0 saturated heterocycles. The van der Waals surface area contributed by atoms with Crippen molar-refractivity contribution in [2.75, 3.05) is 12.0 Å². The number of ether oxygens (including phenoxy) is 1. The summed E-state index contributed by atoms with van der Waals surface area (Å²) >= 11 is 0. The van der Waals surface area contributed by atoms with Crippen LogP contribution in [0.5, 0.6) is 5.75 Å². The minimum Gasteiger partial charge on any atom is -0.494 e. The van der Waals surface area contributed by atoms with E-state index >= 15 is 0 Å². The van der Waals surface area contributed by atoms with Gasteiger partial charge in [0.25, 0.3) is 0 Å². The quantitative estimate of drug-likeness (QED) is 0.572. The summed E-state index contributed by atoms with van der Waals surface area (Å²) in [6, 6.07) is 8.06. The molecule has 2 aromatic heterocycles. The summed E-state index contributed by atoms with van der Waals surface area (Å²) in [4.78, 5) is 0. The van der Waals surface area contributed by atoms with Crippen molar-refractivity contribution >= 4 is 16.6 Å². The van der Waals surface area contributed by atoms with Gasteiger partial charge in [0.15, 0.2) is 5.82 Å². The second-order valence-electron chi connectivity index (χ2n) is 5.46. The third-order valence-corrected chi connectivity index (χ3v) is 4.09. The number of nitrogens with two attached hydrogens (primary N) is 1. The van der Waals surface area contributed by atoms with Crippen LogP contribution in [0.15, 0.2) is 24.3 Å². The fraction of sp³-hybridized carbons (Fsp3) is 0.294. The number of hydrogen-bond donors (Lipinski definition) is 2. The molecule has 0 atom stereocenters. The molecular formula is C17H21N5O. The molecule has 1 aromatic carbocycles. The maximum atomic E-state index is 5.61. The van der Waals surface area contributed by atoms with E-state index in [0.717, 1.165) is 39.3 Å². The van der Waals surface area contributed by atoms with Gasteiger partial charge in [-0.25, -0.2) is 5.84 Å². The highest BCUT2D eigenvalue weighted by Gasteiger charge is 2.18. The summed E-state index contributed by atoms with van der Waals surface area (Å²) in [7, 11) is 0. The molecule has 0 aliphatic heterocycles. The molecule has 0 saturated carbocycles. The van der Waals surface area contributed by atoms with Crippen LogP contribution in [0.1, 0.15) is 24.0 Å². The number of nitrogens with zero attached hydrogens (tertiary/aromatic N) is 3. The maximum Gasteiger partial charge on any atom is 0.172 e. The van der Waals surface area contributed by atoms with E-state index in [1.165, 1.54) is 0 Å². The summed E-state index contributed by atoms with van der Waals surface area (Å²) in [5.74, 6) is 7.07. The average molecular weight is 311 g/mol. The molecule has 0 amide bonds. The number of fused-ring (bicyclic) bond motifs is 1. The van der Waals surface area contributed by atoms with Crippen molar-refractivity contribution in [3.8, 4) is 11.4 Å². The van der Waals surface area contributed by atoms with Gasteiger partial charge in [-0.05, 0) is 52.0 Å². The van der Waals surface area contributed by atoms with Crippen molar-refractivity contribution in [1.29, 1.82) is 0 Å². The molecule has 0 fully saturated rings. The number of aryl methyl sites for hydroxylation is 3. The molecule has 6 heteroatoms. The first-order valence-electron chi connectivity index (χ1n) is 7.63. The summed E-state index contributed by atoms with van der Waals surface area (Å²) in [5, 5.41) is 10.4. The van der Waals surface area contributed by atoms with Crippen LogP contribution in [-0.4, -0.2) is 21.4 Å². The molecule has 3 aromatic rings. The number of nitrogens with one attached hydrogen (secondary N) is 1. The number of aromatic nitrogens is 3. The van der Waals surface area contributed by atoms with Crippen molar-refractivity contribution in [2.24, 2.45) is 5.84 Å². The average Bonchev–Trinajstić information content (AvgIpc) is 2.82. The van der Waals surface area contributed by atoms with Crippen LogP contribution in [0.2, 0.25) is 0 Å². The summed E-state index contributed by atoms with van der Waals surface area (Å²) in [6.45, 7) is 8.75. The Morgan fingerprint density at radius 2 is 1.70 bits per heavy atom. The molecule has 0 bridgehead atoms. The third-order valence-electron chi connectivity index (χ3n) is 4.09. The third kappa shape index (κ3) is 2.41. The molecule has 3 rings (SSSR count). The van der Waals surface area contributed by atoms with E-state index in [9.17, 15) is 0 Å². The zero-order chi connectivity index (χ0) is 16.6. The van der Waals surface area contributed by atoms with Gasteiger partial charge >= 0.3 is 0 Å². The Morgan fingerprint density at radius 1 is 1.04 bits per heavy atom. The van der Waals surface area contributed by atoms with Crippen molar-refractivity contribution in [1.82, 2.24) is 14.8 Å². The number of nitrogen functional groups attached to an aromatic ring is 1. The van der Waals surface area contributed by atoms with Crippen LogP contribution >= 0.6 is 0 Å². The lowest BCUT2D eigenvalue weighted by molar-refractivity contribution is 0.340. The van der Waals surface area contributed by atoms with Crippen molar-refractivity contribution < 1.29 is 4.74 Å². The molecule has 0 aliphatic carbocycles. The fourth-order valence-electron chi connectivity index (χ4n) is 3.14. The smallest absolute Gasteiger partial charge is 0.172 e. The van der Waals surface area contributed by atoms with Crippen molar-refractivity contribution in [2.45, 2.75) is 27.7 Å². The van der Waals surface area contributed by atoms with E-state index in [0.29, 0.717) is 12.4 Å². The second kappa shape index (κ2) is 5.89. The molecule has 120 valence electrons. The van der Waals surface area contributed by atoms with E-state index in [1.807, 2.05) is 26.0 Å². The minimum atomic E-state index is 0.593. The van der Waals surface area contributed by atoms with Gasteiger partial charge < -0.3 is 14.7 Å². The van der Waals surface area contributed by atoms with Crippen LogP contribution < -0.4 is 16.0 Å². The Kier molecular flexibility index (Phi) is 3.92. The number of anilines is 1. The molecular weight excluding hydrogens is 290 g/mol. The molecule has 2 heterocycles. The molecule has 0 radical (unpaired) electrons. The first-order chi connectivity index (χ1) is 11.1. The Bertz CT molecular complexity index is 852. The van der Waals surface area contributed by atoms with Gasteiger partial charge in [-0.3, -0.25) is 0 Å². The zero-order valence-electron chi connectivity index (χ0n) is 13.8. The van der Waals surface area contributed by atoms with Gasteiger partial charge in [-0.2, -0.15) is 5.10 Å². The number of hydrazine groups is 1. The van der Waals surface area contributed by atoms with Crippen molar-refractivity contribution in [3.05, 3.63) is 41.3 Å². The van der Waals surface area contributed by atoms with Crippen molar-refractivity contribution in [3.63, 3.8) is 0 Å². The standard InChI is InChI=1S/C17H21N5O/c1-5-23-14-8-6-13(7-9-14)22-11(3)15-10(2)20-21-17(19-18)16(15)12(22)4/h6-9H,5,18H2,1-4H3,(H,19,21). The van der Waals surface area contributed by atoms with Crippen LogP contribution in [0.25, 0.3) is 16.5 Å². The molecule has 0 spiro atoms. The molecule has 6 nitrogen and oxygen atoms in total. The summed E-state index contributed by atoms with van der Waals surface area (Å²) in [5.41, 5.74) is 6.81. The lowest BCUT2D eigenvalue weighted by Crippen LogP contribution is -2.10. The topological polar surface area (TPSA) is 78.0 Å². The van der Waals surface area contributed by atoms with E-state index in [4.69, 9.17) is 10.6 Å². The first kappa shape index (κ1) is 15.3. The monoisotopic (exact) mass is 311 g/mol. The van der Waals surface area contributed by atoms with E-state index in [-0.39, 0.29) is 0 Å². The molecule has 3 N–H and O–H groups in total. The highest BCUT2D eigenvalue weighted by Crippen LogP contribution is 2.33. The lowest BCUT2D eigenvalue weighted by atomic mass is 10.1. The largest absolute Gasteiger partial charge is 0.494 e.